The van der Waals surface area contributed by atoms with Crippen LogP contribution in [0, 0.1) is 10.8 Å². The van der Waals surface area contributed by atoms with E-state index in [0.717, 1.165) is 0 Å². The molecule has 4 rings (SSSR count). The van der Waals surface area contributed by atoms with E-state index in [-0.39, 0.29) is 11.2 Å². The second-order valence-electron chi connectivity index (χ2n) is 11.2. The van der Waals surface area contributed by atoms with Crippen LogP contribution in [0.1, 0.15) is 107 Å². The van der Waals surface area contributed by atoms with Gasteiger partial charge in [-0.1, -0.05) is 39.8 Å². The average molecular weight is 389 g/mol. The summed E-state index contributed by atoms with van der Waals surface area (Å²) in [4.78, 5) is 0. The van der Waals surface area contributed by atoms with Gasteiger partial charge in [-0.3, -0.25) is 0 Å². The van der Waals surface area contributed by atoms with E-state index in [2.05, 4.69) is 67.5 Å². The number of hydrogen-bond donors (Lipinski definition) is 0. The minimum Gasteiger partial charge on any atom is -0.367 e. The highest BCUT2D eigenvalue weighted by atomic mass is 16.5. The summed E-state index contributed by atoms with van der Waals surface area (Å²) in [6.07, 6.45) is 15.5. The molecule has 0 aromatic carbocycles. The molecule has 4 atom stereocenters. The summed E-state index contributed by atoms with van der Waals surface area (Å²) in [6.45, 7) is 18.4. The maximum absolute atomic E-state index is 6.25. The van der Waals surface area contributed by atoms with Gasteiger partial charge in [-0.15, -0.1) is 0 Å². The minimum atomic E-state index is 0.0602. The quantitative estimate of drug-likeness (QED) is 0.403. The first kappa shape index (κ1) is 22.1. The van der Waals surface area contributed by atoms with Crippen LogP contribution in [-0.2, 0) is 9.47 Å². The van der Waals surface area contributed by atoms with Crippen molar-refractivity contribution < 1.29 is 9.47 Å². The van der Waals surface area contributed by atoms with Crippen LogP contribution in [0.25, 0.3) is 0 Å². The molecule has 2 fully saturated rings. The molecule has 2 heterocycles. The maximum atomic E-state index is 6.25. The van der Waals surface area contributed by atoms with Crippen molar-refractivity contribution in [2.75, 3.05) is 0 Å². The van der Waals surface area contributed by atoms with E-state index in [1.807, 2.05) is 0 Å². The molecule has 0 radical (unpaired) electrons. The third kappa shape index (κ3) is 3.54. The zero-order valence-corrected chi connectivity index (χ0v) is 19.8. The largest absolute Gasteiger partial charge is 0.367 e. The summed E-state index contributed by atoms with van der Waals surface area (Å²) < 4.78 is 12.5. The molecule has 0 amide bonds. The predicted molar refractivity (Wildman–Crippen MR) is 119 cm³/mol. The normalized spacial score (nSPS) is 41.4. The average Bonchev–Trinajstić information content (AvgIpc) is 3.18. The van der Waals surface area contributed by atoms with Crippen LogP contribution in [-0.4, -0.2) is 23.4 Å². The Kier molecular flexibility index (Phi) is 5.98. The molecule has 2 nitrogen and oxygen atoms in total. The van der Waals surface area contributed by atoms with Crippen molar-refractivity contribution in [1.82, 2.24) is 0 Å². The van der Waals surface area contributed by atoms with E-state index >= 15 is 0 Å². The molecule has 2 heteroatoms. The molecule has 0 bridgehead atoms. The van der Waals surface area contributed by atoms with E-state index in [9.17, 15) is 0 Å². The molecule has 0 N–H and O–H groups in total. The summed E-state index contributed by atoms with van der Waals surface area (Å²) in [5, 5.41) is 0. The molecule has 2 saturated heterocycles. The van der Waals surface area contributed by atoms with E-state index in [0.29, 0.717) is 23.0 Å². The summed E-state index contributed by atoms with van der Waals surface area (Å²) in [6, 6.07) is 0. The SMILES string of the molecule is CC1=CCCC(C)(C)C12CC[C@@H](C)O2.CC1=CCCC(C)(C)C12CC[C@H](C)O2. The van der Waals surface area contributed by atoms with Crippen LogP contribution in [0.5, 0.6) is 0 Å². The van der Waals surface area contributed by atoms with Gasteiger partial charge in [-0.25, -0.2) is 0 Å². The Labute approximate surface area is 174 Å². The molecular weight excluding hydrogens is 344 g/mol. The van der Waals surface area contributed by atoms with Gasteiger partial charge in [0.1, 0.15) is 0 Å². The second-order valence-corrected chi connectivity index (χ2v) is 11.2. The molecule has 4 aliphatic rings. The van der Waals surface area contributed by atoms with Gasteiger partial charge in [0.2, 0.25) is 0 Å². The summed E-state index contributed by atoms with van der Waals surface area (Å²) in [7, 11) is 0. The first-order valence-corrected chi connectivity index (χ1v) is 11.7. The molecule has 2 spiro atoms. The second kappa shape index (κ2) is 7.58. The molecule has 0 saturated carbocycles. The van der Waals surface area contributed by atoms with Crippen molar-refractivity contribution >= 4 is 0 Å². The molecule has 2 aliphatic heterocycles. The lowest BCUT2D eigenvalue weighted by molar-refractivity contribution is -0.0912. The van der Waals surface area contributed by atoms with Crippen molar-refractivity contribution in [2.45, 2.75) is 130 Å². The Hall–Kier alpha value is -0.600. The van der Waals surface area contributed by atoms with E-state index in [1.54, 1.807) is 0 Å². The van der Waals surface area contributed by atoms with Gasteiger partial charge in [-0.05, 0) is 101 Å². The Morgan fingerprint density at radius 3 is 1.29 bits per heavy atom. The van der Waals surface area contributed by atoms with Crippen LogP contribution >= 0.6 is 0 Å². The Bertz CT molecular complexity index is 585. The van der Waals surface area contributed by atoms with Gasteiger partial charge >= 0.3 is 0 Å². The summed E-state index contributed by atoms with van der Waals surface area (Å²) >= 11 is 0. The number of ether oxygens (including phenoxy) is 2. The molecule has 2 unspecified atom stereocenters. The zero-order chi connectivity index (χ0) is 20.8. The fourth-order valence-electron chi connectivity index (χ4n) is 6.41. The molecule has 2 aliphatic carbocycles. The van der Waals surface area contributed by atoms with E-state index < -0.39 is 0 Å². The third-order valence-electron chi connectivity index (χ3n) is 8.51. The molecular formula is C26H44O2. The molecule has 0 aromatic rings. The molecule has 0 aromatic heterocycles. The fraction of sp³-hybridized carbons (Fsp3) is 0.846. The van der Waals surface area contributed by atoms with Gasteiger partial charge < -0.3 is 9.47 Å². The van der Waals surface area contributed by atoms with E-state index in [1.165, 1.54) is 62.5 Å². The minimum absolute atomic E-state index is 0.0602. The fourth-order valence-corrected chi connectivity index (χ4v) is 6.41. The first-order chi connectivity index (χ1) is 13.0. The van der Waals surface area contributed by atoms with Crippen LogP contribution in [0.2, 0.25) is 0 Å². The smallest absolute Gasteiger partial charge is 0.0944 e. The molecule has 28 heavy (non-hydrogen) atoms. The highest BCUT2D eigenvalue weighted by molar-refractivity contribution is 5.26. The van der Waals surface area contributed by atoms with Gasteiger partial charge in [0.15, 0.2) is 0 Å². The standard InChI is InChI=1S/2C13H22O/c2*1-10-6-5-8-12(3,4)13(10)9-7-11(2)14-13/h2*6,11H,5,7-9H2,1-4H3/t2*11-,13?/m10/s1. The topological polar surface area (TPSA) is 18.5 Å². The zero-order valence-electron chi connectivity index (χ0n) is 19.8. The lowest BCUT2D eigenvalue weighted by Gasteiger charge is -2.47. The Morgan fingerprint density at radius 1 is 0.679 bits per heavy atom. The summed E-state index contributed by atoms with van der Waals surface area (Å²) in [5.74, 6) is 0. The van der Waals surface area contributed by atoms with Crippen LogP contribution in [0.4, 0.5) is 0 Å². The molecule has 160 valence electrons. The lowest BCUT2D eigenvalue weighted by Crippen LogP contribution is -2.47. The van der Waals surface area contributed by atoms with E-state index in [4.69, 9.17) is 9.47 Å². The first-order valence-electron chi connectivity index (χ1n) is 11.7. The highest BCUT2D eigenvalue weighted by Gasteiger charge is 2.53. The predicted octanol–water partition coefficient (Wildman–Crippen LogP) is 7.38. The number of rotatable bonds is 0. The number of allylic oxidation sites excluding steroid dienone is 2. The lowest BCUT2D eigenvalue weighted by atomic mass is 9.64. The van der Waals surface area contributed by atoms with Crippen LogP contribution in [0.15, 0.2) is 23.3 Å². The Morgan fingerprint density at radius 2 is 1.04 bits per heavy atom. The van der Waals surface area contributed by atoms with Gasteiger partial charge in [0.05, 0.1) is 23.4 Å². The maximum Gasteiger partial charge on any atom is 0.0944 e. The Balaban J connectivity index is 0.000000161. The summed E-state index contributed by atoms with van der Waals surface area (Å²) in [5.41, 5.74) is 3.69. The van der Waals surface area contributed by atoms with Gasteiger partial charge in [-0.2, -0.15) is 0 Å². The highest BCUT2D eigenvalue weighted by Crippen LogP contribution is 2.54. The van der Waals surface area contributed by atoms with Crippen molar-refractivity contribution in [3.63, 3.8) is 0 Å². The van der Waals surface area contributed by atoms with Gasteiger partial charge in [0, 0.05) is 0 Å². The van der Waals surface area contributed by atoms with Crippen LogP contribution < -0.4 is 0 Å². The van der Waals surface area contributed by atoms with Crippen molar-refractivity contribution in [3.05, 3.63) is 23.3 Å². The van der Waals surface area contributed by atoms with Crippen LogP contribution in [0.3, 0.4) is 0 Å². The van der Waals surface area contributed by atoms with Gasteiger partial charge in [0.25, 0.3) is 0 Å². The van der Waals surface area contributed by atoms with Crippen molar-refractivity contribution in [3.8, 4) is 0 Å². The van der Waals surface area contributed by atoms with Crippen molar-refractivity contribution in [2.24, 2.45) is 10.8 Å². The number of hydrogen-bond acceptors (Lipinski definition) is 2. The van der Waals surface area contributed by atoms with Crippen molar-refractivity contribution in [1.29, 1.82) is 0 Å². The third-order valence-corrected chi connectivity index (χ3v) is 8.51. The monoisotopic (exact) mass is 388 g/mol.